The van der Waals surface area contributed by atoms with Gasteiger partial charge >= 0.3 is 5.97 Å². The van der Waals surface area contributed by atoms with Gasteiger partial charge in [0.25, 0.3) is 0 Å². The number of methoxy groups -OCH3 is 1. The van der Waals surface area contributed by atoms with E-state index in [0.717, 1.165) is 5.56 Å². The molecule has 2 rings (SSSR count). The zero-order chi connectivity index (χ0) is 18.9. The third kappa shape index (κ3) is 6.05. The first-order valence-electron chi connectivity index (χ1n) is 8.01. The quantitative estimate of drug-likeness (QED) is 0.364. The van der Waals surface area contributed by atoms with E-state index in [1.54, 1.807) is 43.0 Å². The van der Waals surface area contributed by atoms with E-state index < -0.39 is 5.97 Å². The Morgan fingerprint density at radius 1 is 1.27 bits per heavy atom. The average Bonchev–Trinajstić information content (AvgIpc) is 2.98. The molecule has 0 saturated heterocycles. The van der Waals surface area contributed by atoms with Crippen LogP contribution in [0, 0.1) is 0 Å². The number of benzene rings is 1. The molecule has 0 aliphatic carbocycles. The van der Waals surface area contributed by atoms with Crippen molar-refractivity contribution in [3.63, 3.8) is 0 Å². The standard InChI is InChI=1S/C18H20Cl2N2O4/c1-3-25-18(23)7-6-15-11-17(26-9-8-24-2)21-22(15)12-13-4-5-14(19)10-16(13)20/h4-7,10-11H,3,8-9,12H2,1-2H3. The molecule has 0 amide bonds. The van der Waals surface area contributed by atoms with Crippen molar-refractivity contribution in [2.45, 2.75) is 13.5 Å². The van der Waals surface area contributed by atoms with E-state index in [9.17, 15) is 4.79 Å². The van der Waals surface area contributed by atoms with Crippen molar-refractivity contribution in [2.24, 2.45) is 0 Å². The van der Waals surface area contributed by atoms with Crippen molar-refractivity contribution in [2.75, 3.05) is 26.9 Å². The van der Waals surface area contributed by atoms with Crippen LogP contribution in [0.25, 0.3) is 6.08 Å². The first kappa shape index (κ1) is 20.3. The van der Waals surface area contributed by atoms with E-state index in [0.29, 0.717) is 48.0 Å². The minimum Gasteiger partial charge on any atom is -0.474 e. The molecule has 0 radical (unpaired) electrons. The second-order valence-corrected chi connectivity index (χ2v) is 6.07. The molecule has 0 saturated carbocycles. The molecular formula is C18H20Cl2N2O4. The Morgan fingerprint density at radius 3 is 2.77 bits per heavy atom. The van der Waals surface area contributed by atoms with Gasteiger partial charge in [0, 0.05) is 29.3 Å². The number of carbonyl (C=O) groups excluding carboxylic acids is 1. The van der Waals surface area contributed by atoms with Gasteiger partial charge in [-0.25, -0.2) is 4.79 Å². The predicted octanol–water partition coefficient (Wildman–Crippen LogP) is 3.84. The molecule has 1 aromatic carbocycles. The first-order valence-corrected chi connectivity index (χ1v) is 8.77. The highest BCUT2D eigenvalue weighted by Crippen LogP contribution is 2.23. The average molecular weight is 399 g/mol. The fraction of sp³-hybridized carbons (Fsp3) is 0.333. The zero-order valence-electron chi connectivity index (χ0n) is 14.6. The second kappa shape index (κ2) is 10.2. The fourth-order valence-electron chi connectivity index (χ4n) is 2.12. The van der Waals surface area contributed by atoms with E-state index in [1.807, 2.05) is 6.07 Å². The molecular weight excluding hydrogens is 379 g/mol. The predicted molar refractivity (Wildman–Crippen MR) is 101 cm³/mol. The lowest BCUT2D eigenvalue weighted by molar-refractivity contribution is -0.137. The lowest BCUT2D eigenvalue weighted by Gasteiger charge is -2.07. The summed E-state index contributed by atoms with van der Waals surface area (Å²) < 4.78 is 17.1. The molecule has 0 unspecified atom stereocenters. The number of aromatic nitrogens is 2. The molecule has 6 nitrogen and oxygen atoms in total. The second-order valence-electron chi connectivity index (χ2n) is 5.23. The van der Waals surface area contributed by atoms with E-state index in [2.05, 4.69) is 5.10 Å². The normalized spacial score (nSPS) is 11.1. The van der Waals surface area contributed by atoms with Gasteiger partial charge in [0.2, 0.25) is 5.88 Å². The van der Waals surface area contributed by atoms with E-state index in [-0.39, 0.29) is 0 Å². The molecule has 0 atom stereocenters. The third-order valence-corrected chi connectivity index (χ3v) is 3.93. The molecule has 0 bridgehead atoms. The van der Waals surface area contributed by atoms with Gasteiger partial charge < -0.3 is 14.2 Å². The lowest BCUT2D eigenvalue weighted by atomic mass is 10.2. The smallest absolute Gasteiger partial charge is 0.330 e. The molecule has 0 spiro atoms. The Bertz CT molecular complexity index is 775. The lowest BCUT2D eigenvalue weighted by Crippen LogP contribution is -2.07. The largest absolute Gasteiger partial charge is 0.474 e. The first-order chi connectivity index (χ1) is 12.5. The minimum atomic E-state index is -0.424. The maximum absolute atomic E-state index is 11.6. The van der Waals surface area contributed by atoms with E-state index in [4.69, 9.17) is 37.4 Å². The van der Waals surface area contributed by atoms with Crippen molar-refractivity contribution in [3.8, 4) is 5.88 Å². The Balaban J connectivity index is 2.24. The topological polar surface area (TPSA) is 62.6 Å². The van der Waals surface area contributed by atoms with Crippen LogP contribution >= 0.6 is 23.2 Å². The Kier molecular flexibility index (Phi) is 7.97. The molecule has 26 heavy (non-hydrogen) atoms. The van der Waals surface area contributed by atoms with Crippen molar-refractivity contribution < 1.29 is 19.0 Å². The van der Waals surface area contributed by atoms with Gasteiger partial charge in [0.1, 0.15) is 6.61 Å². The number of hydrogen-bond acceptors (Lipinski definition) is 5. The number of rotatable bonds is 9. The SMILES string of the molecule is CCOC(=O)C=Cc1cc(OCCOC)nn1Cc1ccc(Cl)cc1Cl. The molecule has 0 N–H and O–H groups in total. The molecule has 1 aromatic heterocycles. The van der Waals surface area contributed by atoms with Crippen LogP contribution in [-0.4, -0.2) is 42.7 Å². The number of nitrogens with zero attached hydrogens (tertiary/aromatic N) is 2. The van der Waals surface area contributed by atoms with Gasteiger partial charge in [-0.2, -0.15) is 0 Å². The van der Waals surface area contributed by atoms with Gasteiger partial charge in [-0.1, -0.05) is 29.3 Å². The minimum absolute atomic E-state index is 0.314. The van der Waals surface area contributed by atoms with Crippen molar-refractivity contribution in [3.05, 3.63) is 51.6 Å². The molecule has 1 heterocycles. The van der Waals surface area contributed by atoms with Crippen LogP contribution < -0.4 is 4.74 Å². The van der Waals surface area contributed by atoms with Crippen LogP contribution in [0.2, 0.25) is 10.0 Å². The summed E-state index contributed by atoms with van der Waals surface area (Å²) in [5.41, 5.74) is 1.52. The number of esters is 1. The van der Waals surface area contributed by atoms with E-state index >= 15 is 0 Å². The number of hydrogen-bond donors (Lipinski definition) is 0. The highest BCUT2D eigenvalue weighted by atomic mass is 35.5. The van der Waals surface area contributed by atoms with Gasteiger partial charge in [0.05, 0.1) is 25.5 Å². The van der Waals surface area contributed by atoms with Gasteiger partial charge in [-0.05, 0) is 30.7 Å². The molecule has 0 aliphatic heterocycles. The highest BCUT2D eigenvalue weighted by molar-refractivity contribution is 6.35. The summed E-state index contributed by atoms with van der Waals surface area (Å²) in [7, 11) is 1.60. The zero-order valence-corrected chi connectivity index (χ0v) is 16.1. The Hall–Kier alpha value is -2.02. The highest BCUT2D eigenvalue weighted by Gasteiger charge is 2.10. The summed E-state index contributed by atoms with van der Waals surface area (Å²) >= 11 is 12.2. The van der Waals surface area contributed by atoms with Crippen molar-refractivity contribution >= 4 is 35.2 Å². The molecule has 2 aromatic rings. The molecule has 0 fully saturated rings. The number of carbonyl (C=O) groups is 1. The third-order valence-electron chi connectivity index (χ3n) is 3.34. The van der Waals surface area contributed by atoms with Crippen LogP contribution in [0.1, 0.15) is 18.2 Å². The van der Waals surface area contributed by atoms with Crippen LogP contribution in [0.3, 0.4) is 0 Å². The summed E-state index contributed by atoms with van der Waals surface area (Å²) in [4.78, 5) is 11.6. The van der Waals surface area contributed by atoms with Gasteiger partial charge in [-0.3, -0.25) is 4.68 Å². The van der Waals surface area contributed by atoms with Crippen LogP contribution in [0.5, 0.6) is 5.88 Å². The maximum Gasteiger partial charge on any atom is 0.330 e. The van der Waals surface area contributed by atoms with Gasteiger partial charge in [0.15, 0.2) is 0 Å². The van der Waals surface area contributed by atoms with Crippen LogP contribution in [0.15, 0.2) is 30.3 Å². The molecule has 140 valence electrons. The van der Waals surface area contributed by atoms with Crippen molar-refractivity contribution in [1.29, 1.82) is 0 Å². The fourth-order valence-corrected chi connectivity index (χ4v) is 2.59. The van der Waals surface area contributed by atoms with Crippen LogP contribution in [-0.2, 0) is 20.8 Å². The van der Waals surface area contributed by atoms with Crippen LogP contribution in [0.4, 0.5) is 0 Å². The summed E-state index contributed by atoms with van der Waals surface area (Å²) in [6.45, 7) is 3.28. The molecule has 8 heteroatoms. The maximum atomic E-state index is 11.6. The summed E-state index contributed by atoms with van der Waals surface area (Å²) in [5.74, 6) is 0.00210. The Labute approximate surface area is 162 Å². The number of halogens is 2. The Morgan fingerprint density at radius 2 is 2.08 bits per heavy atom. The monoisotopic (exact) mass is 398 g/mol. The van der Waals surface area contributed by atoms with Gasteiger partial charge in [-0.15, -0.1) is 5.10 Å². The summed E-state index contributed by atoms with van der Waals surface area (Å²) in [5, 5.41) is 5.51. The summed E-state index contributed by atoms with van der Waals surface area (Å²) in [6, 6.07) is 6.99. The summed E-state index contributed by atoms with van der Waals surface area (Å²) in [6.07, 6.45) is 2.97. The van der Waals surface area contributed by atoms with E-state index in [1.165, 1.54) is 6.08 Å². The number of ether oxygens (including phenoxy) is 3. The van der Waals surface area contributed by atoms with Crippen molar-refractivity contribution in [1.82, 2.24) is 9.78 Å². The molecule has 0 aliphatic rings.